The molecule has 4 rings (SSSR count). The summed E-state index contributed by atoms with van der Waals surface area (Å²) >= 11 is 0. The van der Waals surface area contributed by atoms with Crippen LogP contribution in [0, 0.1) is 0 Å². The summed E-state index contributed by atoms with van der Waals surface area (Å²) in [4.78, 5) is 7.17. The number of pyridine rings is 1. The van der Waals surface area contributed by atoms with Crippen molar-refractivity contribution in [3.63, 3.8) is 0 Å². The number of ether oxygens (including phenoxy) is 3. The van der Waals surface area contributed by atoms with Gasteiger partial charge in [-0.1, -0.05) is 24.6 Å². The van der Waals surface area contributed by atoms with Gasteiger partial charge in [-0.05, 0) is 56.6 Å². The predicted molar refractivity (Wildman–Crippen MR) is 115 cm³/mol. The zero-order chi connectivity index (χ0) is 19.9. The van der Waals surface area contributed by atoms with Gasteiger partial charge in [-0.3, -0.25) is 0 Å². The van der Waals surface area contributed by atoms with E-state index in [1.54, 1.807) is 7.11 Å². The quantitative estimate of drug-likeness (QED) is 0.487. The minimum absolute atomic E-state index is 0.560. The fourth-order valence-corrected chi connectivity index (χ4v) is 3.70. The van der Waals surface area contributed by atoms with Gasteiger partial charge in [0, 0.05) is 24.1 Å². The summed E-state index contributed by atoms with van der Waals surface area (Å²) in [6.45, 7) is 4.18. The summed E-state index contributed by atoms with van der Waals surface area (Å²) in [5, 5.41) is 0.989. The Morgan fingerprint density at radius 2 is 1.76 bits per heavy atom. The van der Waals surface area contributed by atoms with Gasteiger partial charge in [0.05, 0.1) is 19.2 Å². The Bertz CT molecular complexity index is 924. The molecular formula is C24H28N2O3. The minimum atomic E-state index is 0.560. The van der Waals surface area contributed by atoms with Gasteiger partial charge in [0.25, 0.3) is 0 Å². The van der Waals surface area contributed by atoms with Crippen molar-refractivity contribution in [3.8, 4) is 23.1 Å². The lowest BCUT2D eigenvalue weighted by Crippen LogP contribution is -2.31. The molecule has 0 unspecified atom stereocenters. The number of para-hydroxylation sites is 1. The number of benzene rings is 2. The molecule has 1 aromatic heterocycles. The average molecular weight is 392 g/mol. The first-order valence-corrected chi connectivity index (χ1v) is 10.4. The van der Waals surface area contributed by atoms with Crippen molar-refractivity contribution in [1.82, 2.24) is 9.88 Å². The van der Waals surface area contributed by atoms with E-state index in [4.69, 9.17) is 14.2 Å². The van der Waals surface area contributed by atoms with Crippen LogP contribution in [0.2, 0.25) is 0 Å². The molecule has 0 atom stereocenters. The zero-order valence-corrected chi connectivity index (χ0v) is 17.0. The van der Waals surface area contributed by atoms with Gasteiger partial charge in [0.1, 0.15) is 5.75 Å². The normalized spacial score (nSPS) is 14.7. The SMILES string of the molecule is COc1cc2ccc(Oc3ccccc3)nc2cc1OCCCN1CCCCC1. The Kier molecular flexibility index (Phi) is 6.47. The molecular weight excluding hydrogens is 364 g/mol. The highest BCUT2D eigenvalue weighted by atomic mass is 16.5. The molecule has 1 fully saturated rings. The first-order chi connectivity index (χ1) is 14.3. The minimum Gasteiger partial charge on any atom is -0.493 e. The third-order valence-electron chi connectivity index (χ3n) is 5.24. The van der Waals surface area contributed by atoms with Crippen LogP contribution in [0.3, 0.4) is 0 Å². The topological polar surface area (TPSA) is 43.8 Å². The van der Waals surface area contributed by atoms with Gasteiger partial charge in [0.15, 0.2) is 11.5 Å². The Labute approximate surface area is 172 Å². The van der Waals surface area contributed by atoms with Crippen molar-refractivity contribution >= 4 is 10.9 Å². The lowest BCUT2D eigenvalue weighted by molar-refractivity contribution is 0.203. The summed E-state index contributed by atoms with van der Waals surface area (Å²) in [7, 11) is 1.67. The third-order valence-corrected chi connectivity index (χ3v) is 5.24. The van der Waals surface area contributed by atoms with E-state index in [1.165, 1.54) is 32.4 Å². The summed E-state index contributed by atoms with van der Waals surface area (Å²) in [5.74, 6) is 2.78. The molecule has 0 bridgehead atoms. The lowest BCUT2D eigenvalue weighted by atomic mass is 10.1. The molecule has 0 aliphatic carbocycles. The highest BCUT2D eigenvalue weighted by Gasteiger charge is 2.11. The van der Waals surface area contributed by atoms with E-state index in [2.05, 4.69) is 9.88 Å². The molecule has 5 nitrogen and oxygen atoms in total. The first kappa shape index (κ1) is 19.5. The first-order valence-electron chi connectivity index (χ1n) is 10.4. The van der Waals surface area contributed by atoms with E-state index in [0.717, 1.165) is 41.1 Å². The van der Waals surface area contributed by atoms with E-state index in [0.29, 0.717) is 12.5 Å². The van der Waals surface area contributed by atoms with Crippen molar-refractivity contribution in [2.75, 3.05) is 33.4 Å². The molecule has 29 heavy (non-hydrogen) atoms. The fourth-order valence-electron chi connectivity index (χ4n) is 3.70. The van der Waals surface area contributed by atoms with Crippen LogP contribution >= 0.6 is 0 Å². The second kappa shape index (κ2) is 9.61. The van der Waals surface area contributed by atoms with Gasteiger partial charge in [-0.15, -0.1) is 0 Å². The Morgan fingerprint density at radius 1 is 0.931 bits per heavy atom. The van der Waals surface area contributed by atoms with Crippen molar-refractivity contribution in [2.24, 2.45) is 0 Å². The van der Waals surface area contributed by atoms with Crippen LogP contribution in [-0.4, -0.2) is 43.2 Å². The standard InChI is InChI=1S/C24H28N2O3/c1-27-22-17-19-11-12-24(29-20-9-4-2-5-10-20)25-21(19)18-23(22)28-16-8-15-26-13-6-3-7-14-26/h2,4-5,9-12,17-18H,3,6-8,13-16H2,1H3. The van der Waals surface area contributed by atoms with Crippen molar-refractivity contribution in [1.29, 1.82) is 0 Å². The number of hydrogen-bond acceptors (Lipinski definition) is 5. The van der Waals surface area contributed by atoms with Crippen molar-refractivity contribution in [2.45, 2.75) is 25.7 Å². The van der Waals surface area contributed by atoms with Crippen molar-refractivity contribution in [3.05, 3.63) is 54.6 Å². The van der Waals surface area contributed by atoms with Crippen molar-refractivity contribution < 1.29 is 14.2 Å². The van der Waals surface area contributed by atoms with E-state index in [1.807, 2.05) is 54.6 Å². The monoisotopic (exact) mass is 392 g/mol. The maximum absolute atomic E-state index is 6.05. The van der Waals surface area contributed by atoms with E-state index in [9.17, 15) is 0 Å². The summed E-state index contributed by atoms with van der Waals surface area (Å²) < 4.78 is 17.4. The number of rotatable bonds is 8. The molecule has 1 aliphatic heterocycles. The Balaban J connectivity index is 1.44. The zero-order valence-electron chi connectivity index (χ0n) is 17.0. The van der Waals surface area contributed by atoms with Crippen LogP contribution in [0.15, 0.2) is 54.6 Å². The molecule has 2 heterocycles. The number of likely N-dealkylation sites (tertiary alicyclic amines) is 1. The number of piperidine rings is 1. The average Bonchev–Trinajstić information content (AvgIpc) is 2.77. The number of fused-ring (bicyclic) bond motifs is 1. The van der Waals surface area contributed by atoms with Crippen LogP contribution in [0.1, 0.15) is 25.7 Å². The summed E-state index contributed by atoms with van der Waals surface area (Å²) in [6, 6.07) is 17.4. The maximum Gasteiger partial charge on any atom is 0.219 e. The third kappa shape index (κ3) is 5.18. The largest absolute Gasteiger partial charge is 0.493 e. The van der Waals surface area contributed by atoms with Gasteiger partial charge in [0.2, 0.25) is 5.88 Å². The molecule has 0 spiro atoms. The second-order valence-corrected chi connectivity index (χ2v) is 7.36. The van der Waals surface area contributed by atoms with Crippen LogP contribution in [-0.2, 0) is 0 Å². The summed E-state index contributed by atoms with van der Waals surface area (Å²) in [6.07, 6.45) is 5.01. The second-order valence-electron chi connectivity index (χ2n) is 7.36. The number of methoxy groups -OCH3 is 1. The number of nitrogens with zero attached hydrogens (tertiary/aromatic N) is 2. The van der Waals surface area contributed by atoms with Crippen LogP contribution in [0.4, 0.5) is 0 Å². The van der Waals surface area contributed by atoms with Gasteiger partial charge in [-0.2, -0.15) is 0 Å². The molecule has 152 valence electrons. The number of aromatic nitrogens is 1. The molecule has 0 radical (unpaired) electrons. The van der Waals surface area contributed by atoms with Gasteiger partial charge >= 0.3 is 0 Å². The van der Waals surface area contributed by atoms with E-state index in [-0.39, 0.29) is 0 Å². The van der Waals surface area contributed by atoms with Crippen LogP contribution < -0.4 is 14.2 Å². The summed E-state index contributed by atoms with van der Waals surface area (Å²) in [5.41, 5.74) is 0.824. The molecule has 1 aliphatic rings. The lowest BCUT2D eigenvalue weighted by Gasteiger charge is -2.26. The highest BCUT2D eigenvalue weighted by Crippen LogP contribution is 2.33. The van der Waals surface area contributed by atoms with Gasteiger partial charge < -0.3 is 19.1 Å². The molecule has 0 saturated carbocycles. The van der Waals surface area contributed by atoms with E-state index >= 15 is 0 Å². The molecule has 2 aromatic carbocycles. The Morgan fingerprint density at radius 3 is 2.55 bits per heavy atom. The van der Waals surface area contributed by atoms with Crippen LogP contribution in [0.5, 0.6) is 23.1 Å². The predicted octanol–water partition coefficient (Wildman–Crippen LogP) is 5.29. The van der Waals surface area contributed by atoms with Gasteiger partial charge in [-0.25, -0.2) is 4.98 Å². The Hall–Kier alpha value is -2.79. The molecule has 1 saturated heterocycles. The van der Waals surface area contributed by atoms with E-state index < -0.39 is 0 Å². The molecule has 0 N–H and O–H groups in total. The smallest absolute Gasteiger partial charge is 0.219 e. The highest BCUT2D eigenvalue weighted by molar-refractivity contribution is 5.83. The number of hydrogen-bond donors (Lipinski definition) is 0. The molecule has 0 amide bonds. The fraction of sp³-hybridized carbons (Fsp3) is 0.375. The van der Waals surface area contributed by atoms with Crippen LogP contribution in [0.25, 0.3) is 10.9 Å². The molecule has 3 aromatic rings. The molecule has 5 heteroatoms. The maximum atomic E-state index is 6.05.